The Morgan fingerprint density at radius 1 is 1.10 bits per heavy atom. The lowest BCUT2D eigenvalue weighted by molar-refractivity contribution is -0.140. The third-order valence-electron chi connectivity index (χ3n) is 2.76. The van der Waals surface area contributed by atoms with Crippen LogP contribution in [0.1, 0.15) is 6.92 Å². The molecule has 0 aromatic heterocycles. The first-order valence-electron chi connectivity index (χ1n) is 5.79. The topological polar surface area (TPSA) is 84.0 Å². The summed E-state index contributed by atoms with van der Waals surface area (Å²) < 4.78 is 4.97. The molecule has 1 aliphatic rings. The highest BCUT2D eigenvalue weighted by molar-refractivity contribution is 6.53. The van der Waals surface area contributed by atoms with E-state index in [-0.39, 0.29) is 11.5 Å². The summed E-state index contributed by atoms with van der Waals surface area (Å²) >= 11 is 0. The van der Waals surface area contributed by atoms with Gasteiger partial charge in [0.2, 0.25) is 0 Å². The van der Waals surface area contributed by atoms with Crippen LogP contribution in [0.5, 0.6) is 5.75 Å². The largest absolute Gasteiger partial charge is 0.497 e. The minimum absolute atomic E-state index is 0.250. The predicted octanol–water partition coefficient (Wildman–Crippen LogP) is 0.579. The fraction of sp³-hybridized carbons (Fsp3) is 0.231. The average molecular weight is 276 g/mol. The number of urea groups is 1. The molecule has 104 valence electrons. The first-order valence-corrected chi connectivity index (χ1v) is 5.79. The molecular formula is C13H12N2O5. The van der Waals surface area contributed by atoms with Gasteiger partial charge in [-0.15, -0.1) is 0 Å². The van der Waals surface area contributed by atoms with E-state index >= 15 is 0 Å². The quantitative estimate of drug-likeness (QED) is 0.593. The molecule has 1 aromatic carbocycles. The molecule has 0 saturated carbocycles. The summed E-state index contributed by atoms with van der Waals surface area (Å²) in [5, 5.41) is 0. The lowest BCUT2D eigenvalue weighted by Gasteiger charge is -2.14. The van der Waals surface area contributed by atoms with Crippen LogP contribution < -0.4 is 9.64 Å². The van der Waals surface area contributed by atoms with Crippen LogP contribution in [0, 0.1) is 0 Å². The molecule has 1 aliphatic heterocycles. The van der Waals surface area contributed by atoms with Crippen molar-refractivity contribution in [2.45, 2.75) is 6.92 Å². The maximum atomic E-state index is 12.0. The molecule has 1 heterocycles. The average Bonchev–Trinajstić information content (AvgIpc) is 2.63. The third-order valence-corrected chi connectivity index (χ3v) is 2.76. The highest BCUT2D eigenvalue weighted by atomic mass is 16.5. The van der Waals surface area contributed by atoms with E-state index in [1.54, 1.807) is 12.1 Å². The lowest BCUT2D eigenvalue weighted by Crippen LogP contribution is -2.36. The molecule has 20 heavy (non-hydrogen) atoms. The molecule has 7 heteroatoms. The maximum Gasteiger partial charge on any atom is 0.339 e. The minimum Gasteiger partial charge on any atom is -0.497 e. The first-order chi connectivity index (χ1) is 9.45. The second-order valence-corrected chi connectivity index (χ2v) is 4.21. The fourth-order valence-electron chi connectivity index (χ4n) is 1.83. The van der Waals surface area contributed by atoms with Gasteiger partial charge in [-0.2, -0.15) is 0 Å². The van der Waals surface area contributed by atoms with Crippen LogP contribution in [0.15, 0.2) is 24.3 Å². The van der Waals surface area contributed by atoms with Crippen LogP contribution in [0.3, 0.4) is 0 Å². The van der Waals surface area contributed by atoms with E-state index in [2.05, 4.69) is 0 Å². The van der Waals surface area contributed by atoms with Crippen molar-refractivity contribution in [1.82, 2.24) is 4.90 Å². The third kappa shape index (κ3) is 2.25. The Kier molecular flexibility index (Phi) is 3.51. The maximum absolute atomic E-state index is 12.0. The Labute approximate surface area is 114 Å². The van der Waals surface area contributed by atoms with E-state index in [4.69, 9.17) is 4.74 Å². The number of rotatable bonds is 4. The molecule has 0 spiro atoms. The molecule has 0 atom stereocenters. The van der Waals surface area contributed by atoms with Gasteiger partial charge in [0.1, 0.15) is 11.5 Å². The van der Waals surface area contributed by atoms with Gasteiger partial charge in [-0.3, -0.25) is 14.4 Å². The van der Waals surface area contributed by atoms with Crippen LogP contribution in [0.4, 0.5) is 10.5 Å². The smallest absolute Gasteiger partial charge is 0.339 e. The summed E-state index contributed by atoms with van der Waals surface area (Å²) in [6.07, 6.45) is 0. The van der Waals surface area contributed by atoms with Crippen molar-refractivity contribution in [2.75, 3.05) is 18.6 Å². The molecular weight excluding hydrogens is 264 g/mol. The molecule has 1 aromatic rings. The monoisotopic (exact) mass is 276 g/mol. The molecule has 1 saturated heterocycles. The van der Waals surface area contributed by atoms with Crippen LogP contribution >= 0.6 is 0 Å². The Hall–Kier alpha value is -2.70. The zero-order valence-corrected chi connectivity index (χ0v) is 11.0. The van der Waals surface area contributed by atoms with Crippen molar-refractivity contribution >= 4 is 29.3 Å². The number of carbonyl (C=O) groups excluding carboxylic acids is 4. The van der Waals surface area contributed by atoms with E-state index in [9.17, 15) is 19.2 Å². The van der Waals surface area contributed by atoms with Gasteiger partial charge in [0.15, 0.2) is 0 Å². The highest BCUT2D eigenvalue weighted by Gasteiger charge is 2.45. The van der Waals surface area contributed by atoms with Crippen molar-refractivity contribution in [1.29, 1.82) is 0 Å². The number of amides is 4. The van der Waals surface area contributed by atoms with Crippen molar-refractivity contribution in [2.24, 2.45) is 0 Å². The summed E-state index contributed by atoms with van der Waals surface area (Å²) in [6, 6.07) is 5.28. The Bertz CT molecular complexity index is 593. The summed E-state index contributed by atoms with van der Waals surface area (Å²) in [4.78, 5) is 48.0. The number of anilines is 1. The van der Waals surface area contributed by atoms with Gasteiger partial charge in [0, 0.05) is 0 Å². The number of ketones is 1. The van der Waals surface area contributed by atoms with Gasteiger partial charge >= 0.3 is 17.8 Å². The van der Waals surface area contributed by atoms with Crippen molar-refractivity contribution in [3.63, 3.8) is 0 Å². The van der Waals surface area contributed by atoms with Gasteiger partial charge in [0.25, 0.3) is 0 Å². The highest BCUT2D eigenvalue weighted by Crippen LogP contribution is 2.24. The van der Waals surface area contributed by atoms with E-state index in [0.717, 1.165) is 4.90 Å². The van der Waals surface area contributed by atoms with Crippen molar-refractivity contribution in [3.8, 4) is 5.75 Å². The van der Waals surface area contributed by atoms with Crippen LogP contribution in [-0.4, -0.2) is 42.2 Å². The van der Waals surface area contributed by atoms with Crippen molar-refractivity contribution < 1.29 is 23.9 Å². The Morgan fingerprint density at radius 3 is 2.20 bits per heavy atom. The molecule has 0 N–H and O–H groups in total. The molecule has 0 unspecified atom stereocenters. The number of ether oxygens (including phenoxy) is 1. The van der Waals surface area contributed by atoms with Gasteiger partial charge in [-0.25, -0.2) is 14.6 Å². The number of imide groups is 2. The van der Waals surface area contributed by atoms with E-state index in [1.165, 1.54) is 26.2 Å². The van der Waals surface area contributed by atoms with Crippen molar-refractivity contribution in [3.05, 3.63) is 24.3 Å². The molecule has 0 aliphatic carbocycles. The Morgan fingerprint density at radius 2 is 1.70 bits per heavy atom. The van der Waals surface area contributed by atoms with Crippen LogP contribution in [-0.2, 0) is 14.4 Å². The standard InChI is InChI=1S/C13H12N2O5/c1-8(16)7-14-11(17)12(18)15(13(14)19)9-3-5-10(20-2)6-4-9/h3-6H,7H2,1-2H3. The molecule has 0 bridgehead atoms. The summed E-state index contributed by atoms with van der Waals surface area (Å²) in [6.45, 7) is 0.830. The number of methoxy groups -OCH3 is 1. The number of hydrogen-bond acceptors (Lipinski definition) is 5. The molecule has 7 nitrogen and oxygen atoms in total. The summed E-state index contributed by atoms with van der Waals surface area (Å²) in [5.74, 6) is -1.79. The zero-order valence-electron chi connectivity index (χ0n) is 11.0. The van der Waals surface area contributed by atoms with Gasteiger partial charge < -0.3 is 4.74 Å². The zero-order chi connectivity index (χ0) is 14.9. The molecule has 2 rings (SSSR count). The first kappa shape index (κ1) is 13.7. The van der Waals surface area contributed by atoms with E-state index in [1.807, 2.05) is 0 Å². The number of hydrogen-bond donors (Lipinski definition) is 0. The van der Waals surface area contributed by atoms with E-state index < -0.39 is 24.4 Å². The van der Waals surface area contributed by atoms with Crippen LogP contribution in [0.25, 0.3) is 0 Å². The second-order valence-electron chi connectivity index (χ2n) is 4.21. The number of nitrogens with zero attached hydrogens (tertiary/aromatic N) is 2. The second kappa shape index (κ2) is 5.12. The summed E-state index contributed by atoms with van der Waals surface area (Å²) in [5.41, 5.74) is 0.250. The minimum atomic E-state index is -0.999. The normalized spacial score (nSPS) is 15.0. The summed E-state index contributed by atoms with van der Waals surface area (Å²) in [7, 11) is 1.49. The fourth-order valence-corrected chi connectivity index (χ4v) is 1.83. The van der Waals surface area contributed by atoms with E-state index in [0.29, 0.717) is 10.6 Å². The molecule has 4 amide bonds. The molecule has 0 radical (unpaired) electrons. The van der Waals surface area contributed by atoms with Gasteiger partial charge in [-0.1, -0.05) is 0 Å². The van der Waals surface area contributed by atoms with Crippen LogP contribution in [0.2, 0.25) is 0 Å². The van der Waals surface area contributed by atoms with Gasteiger partial charge in [-0.05, 0) is 31.2 Å². The number of Topliss-reactive ketones (excluding diaryl/α,β-unsaturated/α-hetero) is 1. The SMILES string of the molecule is COc1ccc(N2C(=O)C(=O)N(CC(C)=O)C2=O)cc1. The predicted molar refractivity (Wildman–Crippen MR) is 68.3 cm³/mol. The molecule has 1 fully saturated rings. The van der Waals surface area contributed by atoms with Gasteiger partial charge in [0.05, 0.1) is 19.3 Å². The Balaban J connectivity index is 2.32. The number of carbonyl (C=O) groups is 4. The lowest BCUT2D eigenvalue weighted by atomic mass is 10.3. The number of benzene rings is 1.